The molecule has 0 aromatic heterocycles. The van der Waals surface area contributed by atoms with E-state index in [1.807, 2.05) is 24.8 Å². The Hall–Kier alpha value is -1.31. The molecule has 2 nitrogen and oxygen atoms in total. The number of nitrogens with zero attached hydrogens (tertiary/aromatic N) is 1. The average molecular weight is 231 g/mol. The molecule has 1 amide bonds. The van der Waals surface area contributed by atoms with Crippen molar-refractivity contribution in [2.75, 3.05) is 13.1 Å². The van der Waals surface area contributed by atoms with E-state index >= 15 is 0 Å². The zero-order valence-corrected chi connectivity index (χ0v) is 10.9. The summed E-state index contributed by atoms with van der Waals surface area (Å²) >= 11 is 0. The molecule has 0 N–H and O–H groups in total. The summed E-state index contributed by atoms with van der Waals surface area (Å²) in [5.74, 6) is 1.45. The van der Waals surface area contributed by atoms with Crippen LogP contribution in [0.4, 0.5) is 0 Å². The molecular weight excluding hydrogens is 210 g/mol. The minimum absolute atomic E-state index is 0.108. The fourth-order valence-corrected chi connectivity index (χ4v) is 2.65. The standard InChI is InChI=1S/C15H21NO/c1-11(2)15(17)16-9-12(3)14(10-16)13-7-5-4-6-8-13/h4-8,11-12,14H,9-10H2,1-3H3. The van der Waals surface area contributed by atoms with Crippen LogP contribution in [0.5, 0.6) is 0 Å². The van der Waals surface area contributed by atoms with Crippen LogP contribution in [0.3, 0.4) is 0 Å². The second kappa shape index (κ2) is 4.91. The third-order valence-corrected chi connectivity index (χ3v) is 3.65. The Labute approximate surface area is 104 Å². The van der Waals surface area contributed by atoms with Crippen LogP contribution in [0.25, 0.3) is 0 Å². The van der Waals surface area contributed by atoms with Crippen molar-refractivity contribution in [3.05, 3.63) is 35.9 Å². The van der Waals surface area contributed by atoms with Crippen molar-refractivity contribution in [2.45, 2.75) is 26.7 Å². The lowest BCUT2D eigenvalue weighted by Gasteiger charge is -2.18. The highest BCUT2D eigenvalue weighted by molar-refractivity contribution is 5.78. The monoisotopic (exact) mass is 231 g/mol. The van der Waals surface area contributed by atoms with Crippen molar-refractivity contribution in [2.24, 2.45) is 11.8 Å². The molecule has 92 valence electrons. The molecular formula is C15H21NO. The first-order valence-electron chi connectivity index (χ1n) is 6.43. The van der Waals surface area contributed by atoms with Gasteiger partial charge in [-0.2, -0.15) is 0 Å². The highest BCUT2D eigenvalue weighted by atomic mass is 16.2. The maximum absolute atomic E-state index is 12.0. The number of benzene rings is 1. The Balaban J connectivity index is 2.11. The normalized spacial score (nSPS) is 24.4. The van der Waals surface area contributed by atoms with Gasteiger partial charge >= 0.3 is 0 Å². The summed E-state index contributed by atoms with van der Waals surface area (Å²) in [4.78, 5) is 14.0. The van der Waals surface area contributed by atoms with E-state index < -0.39 is 0 Å². The third kappa shape index (κ3) is 2.51. The van der Waals surface area contributed by atoms with Gasteiger partial charge in [0.15, 0.2) is 0 Å². The van der Waals surface area contributed by atoms with Crippen LogP contribution < -0.4 is 0 Å². The van der Waals surface area contributed by atoms with Gasteiger partial charge in [0.2, 0.25) is 5.91 Å². The van der Waals surface area contributed by atoms with Crippen molar-refractivity contribution < 1.29 is 4.79 Å². The summed E-state index contributed by atoms with van der Waals surface area (Å²) in [6, 6.07) is 10.5. The smallest absolute Gasteiger partial charge is 0.225 e. The van der Waals surface area contributed by atoms with Gasteiger partial charge in [0.05, 0.1) is 0 Å². The Kier molecular flexibility index (Phi) is 3.51. The summed E-state index contributed by atoms with van der Waals surface area (Å²) in [6.45, 7) is 7.97. The van der Waals surface area contributed by atoms with E-state index in [2.05, 4.69) is 31.2 Å². The van der Waals surface area contributed by atoms with Gasteiger partial charge in [-0.05, 0) is 11.5 Å². The zero-order chi connectivity index (χ0) is 12.4. The van der Waals surface area contributed by atoms with Gasteiger partial charge in [-0.3, -0.25) is 4.79 Å². The molecule has 1 aromatic carbocycles. The summed E-state index contributed by atoms with van der Waals surface area (Å²) in [5, 5.41) is 0. The fraction of sp³-hybridized carbons (Fsp3) is 0.533. The summed E-state index contributed by atoms with van der Waals surface area (Å²) < 4.78 is 0. The van der Waals surface area contributed by atoms with Crippen LogP contribution in [0.2, 0.25) is 0 Å². The van der Waals surface area contributed by atoms with Crippen molar-refractivity contribution in [1.29, 1.82) is 0 Å². The first-order chi connectivity index (χ1) is 8.09. The predicted octanol–water partition coefficient (Wildman–Crippen LogP) is 2.90. The number of carbonyl (C=O) groups is 1. The van der Waals surface area contributed by atoms with E-state index in [1.165, 1.54) is 5.56 Å². The molecule has 2 heteroatoms. The van der Waals surface area contributed by atoms with Gasteiger partial charge in [0.25, 0.3) is 0 Å². The molecule has 17 heavy (non-hydrogen) atoms. The second-order valence-corrected chi connectivity index (χ2v) is 5.39. The molecule has 1 saturated heterocycles. The van der Waals surface area contributed by atoms with Crippen LogP contribution in [-0.4, -0.2) is 23.9 Å². The number of likely N-dealkylation sites (tertiary alicyclic amines) is 1. The highest BCUT2D eigenvalue weighted by Gasteiger charge is 2.33. The van der Waals surface area contributed by atoms with Crippen LogP contribution in [0.1, 0.15) is 32.3 Å². The van der Waals surface area contributed by atoms with Gasteiger partial charge in [-0.15, -0.1) is 0 Å². The molecule has 1 heterocycles. The zero-order valence-electron chi connectivity index (χ0n) is 10.9. The number of rotatable bonds is 2. The van der Waals surface area contributed by atoms with Gasteiger partial charge in [0.1, 0.15) is 0 Å². The van der Waals surface area contributed by atoms with Crippen LogP contribution >= 0.6 is 0 Å². The molecule has 1 fully saturated rings. The molecule has 1 aliphatic rings. The molecule has 1 aromatic rings. The van der Waals surface area contributed by atoms with Gasteiger partial charge in [-0.25, -0.2) is 0 Å². The van der Waals surface area contributed by atoms with E-state index in [-0.39, 0.29) is 11.8 Å². The molecule has 0 spiro atoms. The quantitative estimate of drug-likeness (QED) is 0.766. The van der Waals surface area contributed by atoms with E-state index in [9.17, 15) is 4.79 Å². The minimum atomic E-state index is 0.108. The van der Waals surface area contributed by atoms with E-state index in [4.69, 9.17) is 0 Å². The van der Waals surface area contributed by atoms with Gasteiger partial charge < -0.3 is 4.90 Å². The lowest BCUT2D eigenvalue weighted by molar-refractivity contribution is -0.133. The third-order valence-electron chi connectivity index (χ3n) is 3.65. The molecule has 0 bridgehead atoms. The second-order valence-electron chi connectivity index (χ2n) is 5.39. The van der Waals surface area contributed by atoms with Crippen molar-refractivity contribution in [3.8, 4) is 0 Å². The molecule has 2 rings (SSSR count). The van der Waals surface area contributed by atoms with Crippen LogP contribution in [0.15, 0.2) is 30.3 Å². The van der Waals surface area contributed by atoms with Crippen LogP contribution in [-0.2, 0) is 4.79 Å². The predicted molar refractivity (Wildman–Crippen MR) is 69.8 cm³/mol. The van der Waals surface area contributed by atoms with E-state index in [1.54, 1.807) is 0 Å². The number of hydrogen-bond donors (Lipinski definition) is 0. The maximum Gasteiger partial charge on any atom is 0.225 e. The fourth-order valence-electron chi connectivity index (χ4n) is 2.65. The molecule has 0 saturated carbocycles. The topological polar surface area (TPSA) is 20.3 Å². The van der Waals surface area contributed by atoms with Gasteiger partial charge in [-0.1, -0.05) is 51.1 Å². The molecule has 0 aliphatic carbocycles. The minimum Gasteiger partial charge on any atom is -0.342 e. The molecule has 1 aliphatic heterocycles. The molecule has 2 atom stereocenters. The Morgan fingerprint density at radius 1 is 1.24 bits per heavy atom. The van der Waals surface area contributed by atoms with Crippen molar-refractivity contribution in [1.82, 2.24) is 4.90 Å². The summed E-state index contributed by atoms with van der Waals surface area (Å²) in [5.41, 5.74) is 1.36. The Morgan fingerprint density at radius 2 is 1.88 bits per heavy atom. The lowest BCUT2D eigenvalue weighted by atomic mass is 9.90. The SMILES string of the molecule is CC(C)C(=O)N1CC(C)C(c2ccccc2)C1. The summed E-state index contributed by atoms with van der Waals surface area (Å²) in [7, 11) is 0. The Bertz CT molecular complexity index is 385. The van der Waals surface area contributed by atoms with Gasteiger partial charge in [0, 0.05) is 24.9 Å². The lowest BCUT2D eigenvalue weighted by Crippen LogP contribution is -2.32. The number of hydrogen-bond acceptors (Lipinski definition) is 1. The van der Waals surface area contributed by atoms with Crippen molar-refractivity contribution in [3.63, 3.8) is 0 Å². The molecule has 0 radical (unpaired) electrons. The van der Waals surface area contributed by atoms with Crippen LogP contribution in [0, 0.1) is 11.8 Å². The number of amides is 1. The maximum atomic E-state index is 12.0. The summed E-state index contributed by atoms with van der Waals surface area (Å²) in [6.07, 6.45) is 0. The largest absolute Gasteiger partial charge is 0.342 e. The first-order valence-corrected chi connectivity index (χ1v) is 6.43. The van der Waals surface area contributed by atoms with E-state index in [0.717, 1.165) is 13.1 Å². The Morgan fingerprint density at radius 3 is 2.47 bits per heavy atom. The number of carbonyl (C=O) groups excluding carboxylic acids is 1. The first kappa shape index (κ1) is 12.2. The molecule has 2 unspecified atom stereocenters. The highest BCUT2D eigenvalue weighted by Crippen LogP contribution is 2.32. The average Bonchev–Trinajstić information content (AvgIpc) is 2.71. The van der Waals surface area contributed by atoms with Crippen molar-refractivity contribution >= 4 is 5.91 Å². The van der Waals surface area contributed by atoms with E-state index in [0.29, 0.717) is 11.8 Å².